The molecule has 0 aliphatic carbocycles. The Bertz CT molecular complexity index is 358. The monoisotopic (exact) mass is 211 g/mol. The maximum atomic E-state index is 13.4. The topological polar surface area (TPSA) is 44.5 Å². The van der Waals surface area contributed by atoms with Crippen molar-refractivity contribution in [3.05, 3.63) is 35.6 Å². The van der Waals surface area contributed by atoms with E-state index in [4.69, 9.17) is 15.2 Å². The third-order valence-corrected chi connectivity index (χ3v) is 2.55. The van der Waals surface area contributed by atoms with Gasteiger partial charge < -0.3 is 15.2 Å². The molecular formula is C11H14FNO2. The maximum Gasteiger partial charge on any atom is 0.178 e. The predicted octanol–water partition coefficient (Wildman–Crippen LogP) is 1.59. The molecule has 0 radical (unpaired) electrons. The lowest BCUT2D eigenvalue weighted by atomic mass is 10.1. The number of hydrogen-bond donors (Lipinski definition) is 1. The molecule has 1 aromatic rings. The third kappa shape index (κ3) is 2.02. The van der Waals surface area contributed by atoms with Gasteiger partial charge in [-0.15, -0.1) is 0 Å². The van der Waals surface area contributed by atoms with Crippen LogP contribution in [0.1, 0.15) is 18.6 Å². The summed E-state index contributed by atoms with van der Waals surface area (Å²) in [5.74, 6) is -1.06. The first-order valence-electron chi connectivity index (χ1n) is 4.91. The molecule has 1 aromatic carbocycles. The lowest BCUT2D eigenvalue weighted by Gasteiger charge is -2.20. The average Bonchev–Trinajstić information content (AvgIpc) is 2.63. The fraction of sp³-hybridized carbons (Fsp3) is 0.455. The van der Waals surface area contributed by atoms with Crippen LogP contribution in [-0.2, 0) is 9.47 Å². The first-order chi connectivity index (χ1) is 7.14. The zero-order valence-corrected chi connectivity index (χ0v) is 8.57. The fourth-order valence-corrected chi connectivity index (χ4v) is 1.62. The van der Waals surface area contributed by atoms with Gasteiger partial charge in [0.15, 0.2) is 5.79 Å². The summed E-state index contributed by atoms with van der Waals surface area (Å²) in [6.07, 6.45) is -0.361. The van der Waals surface area contributed by atoms with Gasteiger partial charge in [0.2, 0.25) is 0 Å². The van der Waals surface area contributed by atoms with Crippen molar-refractivity contribution in [2.45, 2.75) is 18.8 Å². The molecule has 0 spiro atoms. The van der Waals surface area contributed by atoms with E-state index in [0.29, 0.717) is 12.2 Å². The molecule has 1 aliphatic heterocycles. The van der Waals surface area contributed by atoms with Crippen molar-refractivity contribution < 1.29 is 13.9 Å². The lowest BCUT2D eigenvalue weighted by molar-refractivity contribution is -0.146. The molecule has 2 unspecified atom stereocenters. The molecule has 0 saturated carbocycles. The van der Waals surface area contributed by atoms with Crippen LogP contribution in [0.4, 0.5) is 4.39 Å². The standard InChI is InChI=1S/C11H14FNO2/c1-11(7-13)14-6-10(15-11)8-4-2-3-5-9(8)12/h2-5,10H,6-7,13H2,1H3. The number of benzene rings is 1. The molecule has 15 heavy (non-hydrogen) atoms. The van der Waals surface area contributed by atoms with E-state index in [2.05, 4.69) is 0 Å². The highest BCUT2D eigenvalue weighted by Crippen LogP contribution is 2.33. The van der Waals surface area contributed by atoms with Crippen molar-refractivity contribution in [1.29, 1.82) is 0 Å². The van der Waals surface area contributed by atoms with E-state index in [-0.39, 0.29) is 18.5 Å². The highest BCUT2D eigenvalue weighted by Gasteiger charge is 2.37. The molecule has 2 atom stereocenters. The highest BCUT2D eigenvalue weighted by atomic mass is 19.1. The average molecular weight is 211 g/mol. The lowest BCUT2D eigenvalue weighted by Crippen LogP contribution is -2.35. The van der Waals surface area contributed by atoms with Crippen LogP contribution in [0.25, 0.3) is 0 Å². The van der Waals surface area contributed by atoms with Gasteiger partial charge in [0.05, 0.1) is 6.61 Å². The Hall–Kier alpha value is -0.970. The molecule has 1 heterocycles. The van der Waals surface area contributed by atoms with Gasteiger partial charge in [-0.05, 0) is 13.0 Å². The molecule has 1 aliphatic rings. The Morgan fingerprint density at radius 2 is 2.27 bits per heavy atom. The summed E-state index contributed by atoms with van der Waals surface area (Å²) in [6.45, 7) is 2.36. The number of halogens is 1. The van der Waals surface area contributed by atoms with Crippen molar-refractivity contribution in [3.8, 4) is 0 Å². The molecular weight excluding hydrogens is 197 g/mol. The van der Waals surface area contributed by atoms with Crippen LogP contribution < -0.4 is 5.73 Å². The Labute approximate surface area is 88.0 Å². The SMILES string of the molecule is CC1(CN)OCC(c2ccccc2F)O1. The minimum Gasteiger partial charge on any atom is -0.346 e. The van der Waals surface area contributed by atoms with Gasteiger partial charge in [-0.3, -0.25) is 0 Å². The molecule has 2 rings (SSSR count). The Balaban J connectivity index is 2.18. The molecule has 1 fully saturated rings. The highest BCUT2D eigenvalue weighted by molar-refractivity contribution is 5.20. The quantitative estimate of drug-likeness (QED) is 0.807. The number of ether oxygens (including phenoxy) is 2. The van der Waals surface area contributed by atoms with Crippen LogP contribution in [0.3, 0.4) is 0 Å². The van der Waals surface area contributed by atoms with Gasteiger partial charge in [0.1, 0.15) is 11.9 Å². The third-order valence-electron chi connectivity index (χ3n) is 2.55. The minimum absolute atomic E-state index is 0.262. The van der Waals surface area contributed by atoms with E-state index >= 15 is 0 Å². The molecule has 4 heteroatoms. The van der Waals surface area contributed by atoms with Crippen LogP contribution in [0, 0.1) is 5.82 Å². The Kier molecular flexibility index (Phi) is 2.73. The summed E-state index contributed by atoms with van der Waals surface area (Å²) < 4.78 is 24.4. The van der Waals surface area contributed by atoms with Gasteiger partial charge >= 0.3 is 0 Å². The van der Waals surface area contributed by atoms with Crippen molar-refractivity contribution >= 4 is 0 Å². The second kappa shape index (κ2) is 3.89. The molecule has 0 amide bonds. The van der Waals surface area contributed by atoms with Crippen LogP contribution in [0.2, 0.25) is 0 Å². The number of hydrogen-bond acceptors (Lipinski definition) is 3. The molecule has 0 aromatic heterocycles. The van der Waals surface area contributed by atoms with E-state index in [1.165, 1.54) is 6.07 Å². The zero-order chi connectivity index (χ0) is 10.9. The normalized spacial score (nSPS) is 30.7. The second-order valence-electron chi connectivity index (χ2n) is 3.78. The maximum absolute atomic E-state index is 13.4. The summed E-state index contributed by atoms with van der Waals surface area (Å²) in [4.78, 5) is 0. The smallest absolute Gasteiger partial charge is 0.178 e. The van der Waals surface area contributed by atoms with E-state index in [1.54, 1.807) is 25.1 Å². The molecule has 2 N–H and O–H groups in total. The summed E-state index contributed by atoms with van der Waals surface area (Å²) >= 11 is 0. The first-order valence-corrected chi connectivity index (χ1v) is 4.91. The Morgan fingerprint density at radius 3 is 2.87 bits per heavy atom. The van der Waals surface area contributed by atoms with Gasteiger partial charge in [-0.2, -0.15) is 0 Å². The summed E-state index contributed by atoms with van der Waals surface area (Å²) in [6, 6.07) is 6.54. The first kappa shape index (κ1) is 10.5. The predicted molar refractivity (Wildman–Crippen MR) is 53.6 cm³/mol. The van der Waals surface area contributed by atoms with E-state index in [1.807, 2.05) is 0 Å². The fourth-order valence-electron chi connectivity index (χ4n) is 1.62. The van der Waals surface area contributed by atoms with Crippen LogP contribution in [0.15, 0.2) is 24.3 Å². The minimum atomic E-state index is -0.785. The second-order valence-corrected chi connectivity index (χ2v) is 3.78. The zero-order valence-electron chi connectivity index (χ0n) is 8.57. The summed E-state index contributed by atoms with van der Waals surface area (Å²) in [5.41, 5.74) is 6.03. The molecule has 3 nitrogen and oxygen atoms in total. The Morgan fingerprint density at radius 1 is 1.53 bits per heavy atom. The number of rotatable bonds is 2. The van der Waals surface area contributed by atoms with E-state index in [9.17, 15) is 4.39 Å². The van der Waals surface area contributed by atoms with Gasteiger partial charge in [0.25, 0.3) is 0 Å². The van der Waals surface area contributed by atoms with Gasteiger partial charge in [0, 0.05) is 12.1 Å². The largest absolute Gasteiger partial charge is 0.346 e. The van der Waals surface area contributed by atoms with Crippen molar-refractivity contribution in [1.82, 2.24) is 0 Å². The molecule has 82 valence electrons. The molecule has 0 bridgehead atoms. The van der Waals surface area contributed by atoms with Crippen molar-refractivity contribution in [2.24, 2.45) is 5.73 Å². The van der Waals surface area contributed by atoms with Gasteiger partial charge in [-0.1, -0.05) is 18.2 Å². The van der Waals surface area contributed by atoms with Crippen molar-refractivity contribution in [2.75, 3.05) is 13.2 Å². The molecule has 1 saturated heterocycles. The van der Waals surface area contributed by atoms with E-state index < -0.39 is 5.79 Å². The van der Waals surface area contributed by atoms with E-state index in [0.717, 1.165) is 0 Å². The van der Waals surface area contributed by atoms with Crippen LogP contribution in [-0.4, -0.2) is 18.9 Å². The van der Waals surface area contributed by atoms with Crippen LogP contribution >= 0.6 is 0 Å². The van der Waals surface area contributed by atoms with Crippen molar-refractivity contribution in [3.63, 3.8) is 0 Å². The summed E-state index contributed by atoms with van der Waals surface area (Å²) in [7, 11) is 0. The van der Waals surface area contributed by atoms with Gasteiger partial charge in [-0.25, -0.2) is 4.39 Å². The number of nitrogens with two attached hydrogens (primary N) is 1. The summed E-state index contributed by atoms with van der Waals surface area (Å²) in [5, 5.41) is 0. The van der Waals surface area contributed by atoms with Crippen LogP contribution in [0.5, 0.6) is 0 Å².